The number of methoxy groups -OCH3 is 1. The molecule has 0 aromatic heterocycles. The van der Waals surface area contributed by atoms with Crippen LogP contribution in [0.5, 0.6) is 0 Å². The van der Waals surface area contributed by atoms with E-state index < -0.39 is 24.7 Å². The maximum absolute atomic E-state index is 12.2. The fraction of sp³-hybridized carbons (Fsp3) is 0.417. The van der Waals surface area contributed by atoms with E-state index in [1.807, 2.05) is 0 Å². The Kier molecular flexibility index (Phi) is 5.31. The minimum Gasteiger partial charge on any atom is -0.380 e. The van der Waals surface area contributed by atoms with E-state index in [9.17, 15) is 18.0 Å². The van der Waals surface area contributed by atoms with Crippen LogP contribution in [0.25, 0.3) is 0 Å². The lowest BCUT2D eigenvalue weighted by molar-refractivity contribution is -0.130. The second-order valence-corrected chi connectivity index (χ2v) is 4.01. The van der Waals surface area contributed by atoms with Crippen LogP contribution < -0.4 is 11.1 Å². The summed E-state index contributed by atoms with van der Waals surface area (Å²) in [6.45, 7) is -0.978. The molecular weight excluding hydrogens is 261 g/mol. The molecule has 0 bridgehead atoms. The average molecular weight is 276 g/mol. The Balaban J connectivity index is 2.86. The van der Waals surface area contributed by atoms with Gasteiger partial charge in [-0.05, 0) is 11.1 Å². The van der Waals surface area contributed by atoms with E-state index in [-0.39, 0.29) is 0 Å². The second-order valence-electron chi connectivity index (χ2n) is 4.01. The van der Waals surface area contributed by atoms with Crippen molar-refractivity contribution in [2.24, 2.45) is 5.73 Å². The van der Waals surface area contributed by atoms with E-state index in [4.69, 9.17) is 10.5 Å². The Labute approximate surface area is 108 Å². The van der Waals surface area contributed by atoms with Crippen molar-refractivity contribution in [3.8, 4) is 0 Å². The standard InChI is InChI=1S/C12H15F3N2O2/c1-19-6-8-3-2-4-9(5-8)10(11(16)18)17-7-12(13,14)15/h2-5,10,17H,6-7H2,1H3,(H2,16,18). The summed E-state index contributed by atoms with van der Waals surface area (Å²) in [6.07, 6.45) is -4.40. The van der Waals surface area contributed by atoms with Crippen LogP contribution in [0.2, 0.25) is 0 Å². The summed E-state index contributed by atoms with van der Waals surface area (Å²) in [4.78, 5) is 11.2. The number of carbonyl (C=O) groups excluding carboxylic acids is 1. The zero-order valence-corrected chi connectivity index (χ0v) is 10.3. The number of amides is 1. The van der Waals surface area contributed by atoms with Crippen LogP contribution in [0.3, 0.4) is 0 Å². The molecule has 0 saturated carbocycles. The van der Waals surface area contributed by atoms with Crippen LogP contribution in [0.15, 0.2) is 24.3 Å². The summed E-state index contributed by atoms with van der Waals surface area (Å²) in [5.41, 5.74) is 6.25. The lowest BCUT2D eigenvalue weighted by Crippen LogP contribution is -2.39. The van der Waals surface area contributed by atoms with E-state index in [0.29, 0.717) is 12.2 Å². The fourth-order valence-corrected chi connectivity index (χ4v) is 1.63. The summed E-state index contributed by atoms with van der Waals surface area (Å²) in [7, 11) is 1.50. The Morgan fingerprint density at radius 2 is 2.16 bits per heavy atom. The van der Waals surface area contributed by atoms with Crippen molar-refractivity contribution in [2.75, 3.05) is 13.7 Å². The van der Waals surface area contributed by atoms with Gasteiger partial charge in [-0.1, -0.05) is 24.3 Å². The van der Waals surface area contributed by atoms with Gasteiger partial charge in [-0.25, -0.2) is 0 Å². The van der Waals surface area contributed by atoms with Crippen LogP contribution in [0.1, 0.15) is 17.2 Å². The molecule has 1 aromatic rings. The van der Waals surface area contributed by atoms with Gasteiger partial charge in [-0.15, -0.1) is 0 Å². The minimum atomic E-state index is -4.40. The first-order valence-electron chi connectivity index (χ1n) is 5.50. The van der Waals surface area contributed by atoms with Crippen molar-refractivity contribution in [3.05, 3.63) is 35.4 Å². The summed E-state index contributed by atoms with van der Waals surface area (Å²) >= 11 is 0. The van der Waals surface area contributed by atoms with Gasteiger partial charge in [0.1, 0.15) is 6.04 Å². The topological polar surface area (TPSA) is 64.3 Å². The second kappa shape index (κ2) is 6.53. The van der Waals surface area contributed by atoms with Crippen LogP contribution in [0, 0.1) is 0 Å². The van der Waals surface area contributed by atoms with E-state index in [2.05, 4.69) is 5.32 Å². The zero-order valence-electron chi connectivity index (χ0n) is 10.3. The molecule has 0 spiro atoms. The molecule has 3 N–H and O–H groups in total. The van der Waals surface area contributed by atoms with Crippen molar-refractivity contribution in [1.82, 2.24) is 5.32 Å². The van der Waals surface area contributed by atoms with Gasteiger partial charge in [0.15, 0.2) is 0 Å². The van der Waals surface area contributed by atoms with Crippen molar-refractivity contribution >= 4 is 5.91 Å². The van der Waals surface area contributed by atoms with Gasteiger partial charge >= 0.3 is 6.18 Å². The lowest BCUT2D eigenvalue weighted by Gasteiger charge is -2.17. The van der Waals surface area contributed by atoms with Crippen LogP contribution in [-0.2, 0) is 16.1 Å². The smallest absolute Gasteiger partial charge is 0.380 e. The van der Waals surface area contributed by atoms with E-state index >= 15 is 0 Å². The molecule has 0 radical (unpaired) electrons. The van der Waals surface area contributed by atoms with Gasteiger partial charge in [0.25, 0.3) is 0 Å². The monoisotopic (exact) mass is 276 g/mol. The molecule has 0 saturated heterocycles. The van der Waals surface area contributed by atoms with Gasteiger partial charge in [0, 0.05) is 7.11 Å². The molecule has 1 rings (SSSR count). The van der Waals surface area contributed by atoms with Gasteiger partial charge in [-0.2, -0.15) is 13.2 Å². The molecule has 4 nitrogen and oxygen atoms in total. The fourth-order valence-electron chi connectivity index (χ4n) is 1.63. The number of nitrogens with one attached hydrogen (secondary N) is 1. The number of benzene rings is 1. The number of primary amides is 1. The Morgan fingerprint density at radius 3 is 2.68 bits per heavy atom. The molecule has 0 fully saturated rings. The molecule has 106 valence electrons. The highest BCUT2D eigenvalue weighted by Gasteiger charge is 2.30. The van der Waals surface area contributed by atoms with Crippen molar-refractivity contribution in [2.45, 2.75) is 18.8 Å². The Bertz CT molecular complexity index is 435. The quantitative estimate of drug-likeness (QED) is 0.827. The number of ether oxygens (including phenoxy) is 1. The SMILES string of the molecule is COCc1cccc(C(NCC(F)(F)F)C(N)=O)c1. The van der Waals surface area contributed by atoms with Crippen LogP contribution >= 0.6 is 0 Å². The number of nitrogens with two attached hydrogens (primary N) is 1. The van der Waals surface area contributed by atoms with Crippen molar-refractivity contribution in [1.29, 1.82) is 0 Å². The molecule has 0 aliphatic carbocycles. The van der Waals surface area contributed by atoms with E-state index in [1.165, 1.54) is 13.2 Å². The summed E-state index contributed by atoms with van der Waals surface area (Å²) < 4.78 is 41.4. The van der Waals surface area contributed by atoms with Gasteiger partial charge in [-0.3, -0.25) is 10.1 Å². The number of hydrogen-bond donors (Lipinski definition) is 2. The number of rotatable bonds is 6. The van der Waals surface area contributed by atoms with E-state index in [0.717, 1.165) is 5.56 Å². The highest BCUT2D eigenvalue weighted by atomic mass is 19.4. The highest BCUT2D eigenvalue weighted by Crippen LogP contribution is 2.18. The number of halogens is 3. The third-order valence-electron chi connectivity index (χ3n) is 2.39. The highest BCUT2D eigenvalue weighted by molar-refractivity contribution is 5.81. The molecule has 1 unspecified atom stereocenters. The summed E-state index contributed by atoms with van der Waals surface area (Å²) in [5.74, 6) is -0.862. The van der Waals surface area contributed by atoms with E-state index in [1.54, 1.807) is 18.2 Å². The lowest BCUT2D eigenvalue weighted by atomic mass is 10.0. The third kappa shape index (κ3) is 5.27. The van der Waals surface area contributed by atoms with Crippen LogP contribution in [0.4, 0.5) is 13.2 Å². The molecule has 0 aliphatic rings. The molecule has 1 atom stereocenters. The summed E-state index contributed by atoms with van der Waals surface area (Å²) in [6, 6.07) is 5.32. The van der Waals surface area contributed by atoms with Gasteiger partial charge < -0.3 is 10.5 Å². The molecule has 19 heavy (non-hydrogen) atoms. The molecule has 1 amide bonds. The molecule has 1 aromatic carbocycles. The van der Waals surface area contributed by atoms with Gasteiger partial charge in [0.05, 0.1) is 13.2 Å². The van der Waals surface area contributed by atoms with Gasteiger partial charge in [0.2, 0.25) is 5.91 Å². The zero-order chi connectivity index (χ0) is 14.5. The molecule has 0 heterocycles. The predicted molar refractivity (Wildman–Crippen MR) is 63.1 cm³/mol. The minimum absolute atomic E-state index is 0.304. The van der Waals surface area contributed by atoms with Crippen molar-refractivity contribution in [3.63, 3.8) is 0 Å². The molecule has 7 heteroatoms. The van der Waals surface area contributed by atoms with Crippen LogP contribution in [-0.4, -0.2) is 25.7 Å². The first-order chi connectivity index (χ1) is 8.83. The number of carbonyl (C=O) groups is 1. The average Bonchev–Trinajstić information content (AvgIpc) is 2.28. The first kappa shape index (κ1) is 15.5. The maximum Gasteiger partial charge on any atom is 0.401 e. The molecule has 0 aliphatic heterocycles. The maximum atomic E-state index is 12.2. The molecular formula is C12H15F3N2O2. The number of hydrogen-bond acceptors (Lipinski definition) is 3. The van der Waals surface area contributed by atoms with Crippen molar-refractivity contribution < 1.29 is 22.7 Å². The summed E-state index contributed by atoms with van der Waals surface area (Å²) in [5, 5.41) is 2.10. The third-order valence-corrected chi connectivity index (χ3v) is 2.39. The Morgan fingerprint density at radius 1 is 1.47 bits per heavy atom. The first-order valence-corrected chi connectivity index (χ1v) is 5.50. The normalized spacial score (nSPS) is 13.3. The largest absolute Gasteiger partial charge is 0.401 e. The predicted octanol–water partition coefficient (Wildman–Crippen LogP) is 1.51. The number of alkyl halides is 3. The Hall–Kier alpha value is -1.60.